The van der Waals surface area contributed by atoms with Crippen LogP contribution in [0.3, 0.4) is 0 Å². The molecule has 1 fully saturated rings. The highest BCUT2D eigenvalue weighted by atomic mass is 35.5. The van der Waals surface area contributed by atoms with Crippen molar-refractivity contribution in [2.75, 3.05) is 18.8 Å². The minimum atomic E-state index is -3.41. The van der Waals surface area contributed by atoms with Crippen LogP contribution in [0.25, 0.3) is 0 Å². The standard InChI is InChI=1S/C22H22ClF4N3S/c1-2-14-11-17(24)18-12-19(14)31-13-22(26,27)29-21(25)7-9-30(10-8-21)20(28-18)15-3-5-16(23)6-4-15/h3-6,11-12,29H,2,7-10,13H2,1H3. The molecular weight excluding hydrogens is 450 g/mol. The lowest BCUT2D eigenvalue weighted by atomic mass is 10.0. The van der Waals surface area contributed by atoms with Gasteiger partial charge < -0.3 is 4.90 Å². The maximum atomic E-state index is 15.2. The predicted octanol–water partition coefficient (Wildman–Crippen LogP) is 6.17. The third kappa shape index (κ3) is 5.02. The van der Waals surface area contributed by atoms with E-state index >= 15 is 4.39 Å². The van der Waals surface area contributed by atoms with Crippen LogP contribution in [0.2, 0.25) is 5.02 Å². The van der Waals surface area contributed by atoms with Crippen LogP contribution >= 0.6 is 23.4 Å². The normalized spacial score (nSPS) is 20.5. The van der Waals surface area contributed by atoms with Crippen molar-refractivity contribution in [3.63, 3.8) is 0 Å². The summed E-state index contributed by atoms with van der Waals surface area (Å²) in [6.45, 7) is 2.15. The highest BCUT2D eigenvalue weighted by molar-refractivity contribution is 7.99. The van der Waals surface area contributed by atoms with Crippen LogP contribution < -0.4 is 5.32 Å². The molecule has 0 saturated carbocycles. The third-order valence-electron chi connectivity index (χ3n) is 5.51. The van der Waals surface area contributed by atoms with Gasteiger partial charge in [0.2, 0.25) is 0 Å². The van der Waals surface area contributed by atoms with Gasteiger partial charge in [0.05, 0.1) is 5.75 Å². The second-order valence-corrected chi connectivity index (χ2v) is 9.23. The van der Waals surface area contributed by atoms with Crippen molar-refractivity contribution in [1.29, 1.82) is 0 Å². The minimum Gasteiger partial charge on any atom is -0.356 e. The van der Waals surface area contributed by atoms with Crippen molar-refractivity contribution in [2.45, 2.75) is 42.9 Å². The smallest absolute Gasteiger partial charge is 0.314 e. The quantitative estimate of drug-likeness (QED) is 0.419. The number of benzene rings is 2. The monoisotopic (exact) mass is 471 g/mol. The Bertz CT molecular complexity index is 989. The van der Waals surface area contributed by atoms with Gasteiger partial charge in [-0.1, -0.05) is 18.5 Å². The molecule has 2 aromatic rings. The number of alkyl halides is 3. The van der Waals surface area contributed by atoms with Crippen molar-refractivity contribution >= 4 is 34.9 Å². The van der Waals surface area contributed by atoms with Crippen LogP contribution in [0.5, 0.6) is 0 Å². The van der Waals surface area contributed by atoms with E-state index in [1.54, 1.807) is 29.2 Å². The summed E-state index contributed by atoms with van der Waals surface area (Å²) < 4.78 is 59.2. The van der Waals surface area contributed by atoms with Gasteiger partial charge in [-0.05, 0) is 48.4 Å². The Hall–Kier alpha value is -1.77. The predicted molar refractivity (Wildman–Crippen MR) is 117 cm³/mol. The zero-order valence-corrected chi connectivity index (χ0v) is 18.5. The lowest BCUT2D eigenvalue weighted by Gasteiger charge is -2.40. The number of thioether (sulfide) groups is 1. The Morgan fingerprint density at radius 1 is 1.13 bits per heavy atom. The molecule has 0 amide bonds. The number of halogens is 5. The van der Waals surface area contributed by atoms with E-state index in [0.29, 0.717) is 33.3 Å². The molecule has 0 atom stereocenters. The number of rotatable bonds is 2. The summed E-state index contributed by atoms with van der Waals surface area (Å²) >= 11 is 6.88. The SMILES string of the molecule is CCc1cc(F)c2cc1SCC(F)(F)NC1(F)CCN(CC1)C(c1ccc(Cl)cc1)=N2. The van der Waals surface area contributed by atoms with Gasteiger partial charge in [-0.3, -0.25) is 0 Å². The Morgan fingerprint density at radius 2 is 1.81 bits per heavy atom. The van der Waals surface area contributed by atoms with E-state index in [1.807, 2.05) is 12.2 Å². The van der Waals surface area contributed by atoms with E-state index < -0.39 is 23.4 Å². The van der Waals surface area contributed by atoms with Gasteiger partial charge in [-0.25, -0.2) is 19.1 Å². The number of fused-ring (bicyclic) bond motifs is 5. The molecule has 3 nitrogen and oxygen atoms in total. The molecule has 2 aromatic carbocycles. The zero-order valence-electron chi connectivity index (χ0n) is 16.9. The summed E-state index contributed by atoms with van der Waals surface area (Å²) in [4.78, 5) is 6.90. The maximum absolute atomic E-state index is 15.2. The van der Waals surface area contributed by atoms with Crippen LogP contribution in [-0.2, 0) is 6.42 Å². The maximum Gasteiger partial charge on any atom is 0.314 e. The summed E-state index contributed by atoms with van der Waals surface area (Å²) in [5.74, 6) is -2.90. The average molecular weight is 472 g/mol. The first-order valence-electron chi connectivity index (χ1n) is 10.1. The van der Waals surface area contributed by atoms with E-state index in [0.717, 1.165) is 11.8 Å². The van der Waals surface area contributed by atoms with Crippen molar-refractivity contribution in [2.24, 2.45) is 4.99 Å². The van der Waals surface area contributed by atoms with E-state index in [-0.39, 0.29) is 31.6 Å². The van der Waals surface area contributed by atoms with Gasteiger partial charge >= 0.3 is 6.05 Å². The summed E-state index contributed by atoms with van der Waals surface area (Å²) in [6.07, 6.45) is 0.200. The molecule has 1 N–H and O–H groups in total. The molecule has 9 heteroatoms. The zero-order chi connectivity index (χ0) is 22.2. The second-order valence-electron chi connectivity index (χ2n) is 7.78. The summed E-state index contributed by atoms with van der Waals surface area (Å²) in [5, 5.41) is 2.48. The molecular formula is C22H22ClF4N3S. The first kappa shape index (κ1) is 22.4. The highest BCUT2D eigenvalue weighted by Gasteiger charge is 2.44. The Kier molecular flexibility index (Phi) is 6.25. The van der Waals surface area contributed by atoms with E-state index in [2.05, 4.69) is 4.99 Å². The average Bonchev–Trinajstić information content (AvgIpc) is 2.73. The molecule has 5 rings (SSSR count). The number of hydrogen-bond acceptors (Lipinski definition) is 4. The topological polar surface area (TPSA) is 27.6 Å². The lowest BCUT2D eigenvalue weighted by molar-refractivity contribution is -0.0921. The molecule has 4 bridgehead atoms. The molecule has 0 radical (unpaired) electrons. The summed E-state index contributed by atoms with van der Waals surface area (Å²) in [6, 6.07) is 6.35. The summed E-state index contributed by atoms with van der Waals surface area (Å²) in [5.41, 5.74) is 1.37. The second kappa shape index (κ2) is 8.64. The fourth-order valence-electron chi connectivity index (χ4n) is 3.84. The molecule has 3 aliphatic heterocycles. The molecule has 3 aliphatic rings. The number of aryl methyl sites for hydroxylation is 1. The third-order valence-corrected chi connectivity index (χ3v) is 6.96. The number of aliphatic imine (C=N–C) groups is 1. The van der Waals surface area contributed by atoms with Crippen molar-refractivity contribution in [3.8, 4) is 0 Å². The minimum absolute atomic E-state index is 0.0669. The van der Waals surface area contributed by atoms with Gasteiger partial charge in [0.15, 0.2) is 5.79 Å². The first-order valence-corrected chi connectivity index (χ1v) is 11.5. The van der Waals surface area contributed by atoms with E-state index in [4.69, 9.17) is 11.6 Å². The number of amidine groups is 1. The van der Waals surface area contributed by atoms with Crippen LogP contribution in [0.15, 0.2) is 46.3 Å². The van der Waals surface area contributed by atoms with Crippen molar-refractivity contribution in [3.05, 3.63) is 58.4 Å². The molecule has 0 spiro atoms. The van der Waals surface area contributed by atoms with Crippen LogP contribution in [0, 0.1) is 5.82 Å². The largest absolute Gasteiger partial charge is 0.356 e. The first-order chi connectivity index (χ1) is 14.7. The van der Waals surface area contributed by atoms with Gasteiger partial charge in [0, 0.05) is 41.4 Å². The molecule has 0 aromatic heterocycles. The van der Waals surface area contributed by atoms with Crippen LogP contribution in [-0.4, -0.2) is 41.4 Å². The van der Waals surface area contributed by atoms with Crippen LogP contribution in [0.1, 0.15) is 30.9 Å². The Morgan fingerprint density at radius 3 is 2.45 bits per heavy atom. The molecule has 3 heterocycles. The van der Waals surface area contributed by atoms with Crippen molar-refractivity contribution in [1.82, 2.24) is 10.2 Å². The fourth-order valence-corrected chi connectivity index (χ4v) is 4.96. The number of piperidine rings is 1. The number of hydrogen-bond donors (Lipinski definition) is 1. The molecule has 1 saturated heterocycles. The van der Waals surface area contributed by atoms with E-state index in [9.17, 15) is 13.2 Å². The van der Waals surface area contributed by atoms with Gasteiger partial charge in [-0.15, -0.1) is 11.8 Å². The summed E-state index contributed by atoms with van der Waals surface area (Å²) in [7, 11) is 0. The Balaban J connectivity index is 1.85. The number of nitrogens with one attached hydrogen (secondary N) is 1. The highest BCUT2D eigenvalue weighted by Crippen LogP contribution is 2.37. The lowest BCUT2D eigenvalue weighted by Crippen LogP contribution is -2.58. The van der Waals surface area contributed by atoms with E-state index in [1.165, 1.54) is 12.1 Å². The molecule has 0 unspecified atom stereocenters. The molecule has 0 aliphatic carbocycles. The van der Waals surface area contributed by atoms with Gasteiger partial charge in [-0.2, -0.15) is 8.78 Å². The fraction of sp³-hybridized carbons (Fsp3) is 0.409. The van der Waals surface area contributed by atoms with Crippen molar-refractivity contribution < 1.29 is 17.6 Å². The Labute approximate surface area is 187 Å². The van der Waals surface area contributed by atoms with Crippen LogP contribution in [0.4, 0.5) is 23.2 Å². The van der Waals surface area contributed by atoms with Gasteiger partial charge in [0.25, 0.3) is 0 Å². The molecule has 166 valence electrons. The molecule has 31 heavy (non-hydrogen) atoms. The number of nitrogens with zero attached hydrogens (tertiary/aromatic N) is 2. The van der Waals surface area contributed by atoms with Gasteiger partial charge in [0.1, 0.15) is 17.3 Å².